The normalized spacial score (nSPS) is 21.0. The first-order valence-electron chi connectivity index (χ1n) is 14.5. The number of morpholine rings is 1. The zero-order valence-corrected chi connectivity index (χ0v) is 24.4. The Labute approximate surface area is 251 Å². The van der Waals surface area contributed by atoms with Crippen molar-refractivity contribution in [3.8, 4) is 28.8 Å². The lowest BCUT2D eigenvalue weighted by Crippen LogP contribution is -2.41. The molecule has 5 heterocycles. The summed E-state index contributed by atoms with van der Waals surface area (Å²) >= 11 is 6.36. The number of benzene rings is 1. The van der Waals surface area contributed by atoms with Crippen LogP contribution in [0.2, 0.25) is 5.02 Å². The Morgan fingerprint density at radius 1 is 1.12 bits per heavy atom. The van der Waals surface area contributed by atoms with Gasteiger partial charge in [-0.2, -0.15) is 4.98 Å². The lowest BCUT2D eigenvalue weighted by atomic mass is 9.83. The maximum atomic E-state index is 11.8. The van der Waals surface area contributed by atoms with E-state index in [0.29, 0.717) is 65.6 Å². The zero-order chi connectivity index (χ0) is 29.5. The third-order valence-corrected chi connectivity index (χ3v) is 8.68. The molecule has 7 rings (SSSR count). The van der Waals surface area contributed by atoms with Gasteiger partial charge in [0.15, 0.2) is 5.65 Å². The minimum absolute atomic E-state index is 0.0496. The van der Waals surface area contributed by atoms with Crippen LogP contribution in [-0.2, 0) is 11.3 Å². The van der Waals surface area contributed by atoms with Gasteiger partial charge in [0, 0.05) is 19.3 Å². The van der Waals surface area contributed by atoms with Crippen molar-refractivity contribution in [1.82, 2.24) is 34.6 Å². The number of aromatic amines is 1. The van der Waals surface area contributed by atoms with E-state index in [-0.39, 0.29) is 23.6 Å². The molecular formula is C30H31ClN8O4. The number of H-pyrrole nitrogens is 1. The van der Waals surface area contributed by atoms with Gasteiger partial charge in [-0.05, 0) is 36.3 Å². The number of hydrogen-bond acceptors (Lipinski definition) is 10. The molecule has 0 unspecified atom stereocenters. The zero-order valence-electron chi connectivity index (χ0n) is 23.6. The van der Waals surface area contributed by atoms with Crippen molar-refractivity contribution in [3.63, 3.8) is 0 Å². The van der Waals surface area contributed by atoms with Gasteiger partial charge in [0.1, 0.15) is 11.2 Å². The lowest BCUT2D eigenvalue weighted by molar-refractivity contribution is 0.0927. The third kappa shape index (κ3) is 5.36. The molecule has 13 heteroatoms. The molecule has 1 saturated heterocycles. The Kier molecular flexibility index (Phi) is 7.31. The van der Waals surface area contributed by atoms with Crippen molar-refractivity contribution in [3.05, 3.63) is 63.7 Å². The van der Waals surface area contributed by atoms with Gasteiger partial charge in [0.2, 0.25) is 23.5 Å². The molecule has 0 amide bonds. The van der Waals surface area contributed by atoms with E-state index in [0.717, 1.165) is 24.4 Å². The fourth-order valence-electron chi connectivity index (χ4n) is 6.21. The molecule has 2 aliphatic rings. The van der Waals surface area contributed by atoms with Crippen LogP contribution in [0.3, 0.4) is 0 Å². The summed E-state index contributed by atoms with van der Waals surface area (Å²) in [6.07, 6.45) is 5.92. The topological polar surface area (TPSA) is 148 Å². The summed E-state index contributed by atoms with van der Waals surface area (Å²) in [6, 6.07) is 11.8. The second-order valence-corrected chi connectivity index (χ2v) is 11.8. The highest BCUT2D eigenvalue weighted by Gasteiger charge is 2.33. The Morgan fingerprint density at radius 3 is 2.70 bits per heavy atom. The number of aromatic hydroxyl groups is 1. The first-order chi connectivity index (χ1) is 20.9. The van der Waals surface area contributed by atoms with Gasteiger partial charge in [-0.15, -0.1) is 0 Å². The second-order valence-electron chi connectivity index (χ2n) is 11.4. The van der Waals surface area contributed by atoms with Crippen LogP contribution >= 0.6 is 11.6 Å². The van der Waals surface area contributed by atoms with Gasteiger partial charge in [0.05, 0.1) is 29.8 Å². The van der Waals surface area contributed by atoms with Crippen LogP contribution in [-0.4, -0.2) is 59.5 Å². The predicted octanol–water partition coefficient (Wildman–Crippen LogP) is 4.99. The molecule has 43 heavy (non-hydrogen) atoms. The molecule has 1 aromatic carbocycles. The second kappa shape index (κ2) is 11.4. The van der Waals surface area contributed by atoms with Gasteiger partial charge in [-0.3, -0.25) is 9.51 Å². The Bertz CT molecular complexity index is 1810. The number of anilines is 1. The number of nitrogens with zero attached hydrogens (tertiary/aromatic N) is 7. The van der Waals surface area contributed by atoms with E-state index in [9.17, 15) is 9.90 Å². The maximum Gasteiger partial charge on any atom is 0.439 e. The monoisotopic (exact) mass is 602 g/mol. The number of nitrogens with one attached hydrogen (secondary N) is 1. The number of fused-ring (bicyclic) bond motifs is 1. The quantitative estimate of drug-likeness (QED) is 0.272. The summed E-state index contributed by atoms with van der Waals surface area (Å²) in [6.45, 7) is 4.69. The Balaban J connectivity index is 1.47. The van der Waals surface area contributed by atoms with Crippen LogP contribution in [0.4, 0.5) is 5.95 Å². The standard InChI is InChI=1S/C30H31ClN8O4/c1-17-7-9-18(10-8-17)15-39-24-23(21-13-20(31)14-32-28(21)40)33-26(27-36-30(41)43-37-27)34-25(24)35-29(39)38-11-12-42-16-22(38)19-5-3-2-4-6-19/h2-6,13-14,17-18,22H,7-12,15-16H2,1H3,(H,32,40)(H,36,37,41)/t17?,18?,22-/m0/s1. The summed E-state index contributed by atoms with van der Waals surface area (Å²) in [5, 5.41) is 15.1. The minimum atomic E-state index is -0.732. The predicted molar refractivity (Wildman–Crippen MR) is 160 cm³/mol. The molecule has 0 bridgehead atoms. The molecule has 1 saturated carbocycles. The van der Waals surface area contributed by atoms with Gasteiger partial charge >= 0.3 is 5.76 Å². The molecule has 2 N–H and O–H groups in total. The van der Waals surface area contributed by atoms with Crippen LogP contribution in [0.25, 0.3) is 34.1 Å². The van der Waals surface area contributed by atoms with Crippen molar-refractivity contribution >= 4 is 28.7 Å². The van der Waals surface area contributed by atoms with E-state index in [2.05, 4.69) is 43.6 Å². The first kappa shape index (κ1) is 27.5. The average Bonchev–Trinajstić information content (AvgIpc) is 3.63. The van der Waals surface area contributed by atoms with E-state index in [1.165, 1.54) is 19.0 Å². The van der Waals surface area contributed by atoms with E-state index in [1.807, 2.05) is 18.2 Å². The maximum absolute atomic E-state index is 11.8. The van der Waals surface area contributed by atoms with Crippen molar-refractivity contribution in [1.29, 1.82) is 0 Å². The van der Waals surface area contributed by atoms with Gasteiger partial charge in [-0.1, -0.05) is 66.9 Å². The summed E-state index contributed by atoms with van der Waals surface area (Å²) in [5.74, 6) is 1.04. The molecule has 0 spiro atoms. The molecule has 222 valence electrons. The molecule has 0 radical (unpaired) electrons. The minimum Gasteiger partial charge on any atom is -0.493 e. The van der Waals surface area contributed by atoms with Crippen molar-refractivity contribution in [2.45, 2.75) is 45.2 Å². The number of rotatable bonds is 6. The van der Waals surface area contributed by atoms with Gasteiger partial charge < -0.3 is 19.3 Å². The molecule has 1 atom stereocenters. The molecule has 12 nitrogen and oxygen atoms in total. The van der Waals surface area contributed by atoms with Gasteiger partial charge in [-0.25, -0.2) is 19.7 Å². The van der Waals surface area contributed by atoms with Crippen LogP contribution in [0.15, 0.2) is 51.9 Å². The highest BCUT2D eigenvalue weighted by atomic mass is 35.5. The molecule has 1 aliphatic heterocycles. The first-order valence-corrected chi connectivity index (χ1v) is 14.9. The summed E-state index contributed by atoms with van der Waals surface area (Å²) in [5.41, 5.74) is 2.85. The number of ether oxygens (including phenoxy) is 1. The number of hydrogen-bond donors (Lipinski definition) is 2. The van der Waals surface area contributed by atoms with E-state index < -0.39 is 5.76 Å². The number of halogens is 1. The molecule has 5 aromatic rings. The fraction of sp³-hybridized carbons (Fsp3) is 0.400. The van der Waals surface area contributed by atoms with E-state index in [4.69, 9.17) is 35.8 Å². The molecule has 1 aliphatic carbocycles. The van der Waals surface area contributed by atoms with Crippen LogP contribution in [0.5, 0.6) is 5.88 Å². The van der Waals surface area contributed by atoms with Crippen molar-refractivity contribution in [2.75, 3.05) is 24.7 Å². The summed E-state index contributed by atoms with van der Waals surface area (Å²) < 4.78 is 12.9. The number of pyridine rings is 1. The highest BCUT2D eigenvalue weighted by Crippen LogP contribution is 2.40. The van der Waals surface area contributed by atoms with Gasteiger partial charge in [0.25, 0.3) is 0 Å². The van der Waals surface area contributed by atoms with Crippen molar-refractivity contribution < 1.29 is 14.4 Å². The molecular weight excluding hydrogens is 572 g/mol. The fourth-order valence-corrected chi connectivity index (χ4v) is 6.37. The SMILES string of the molecule is CC1CCC(Cn2c(N3CCOC[C@H]3c3ccccc3)nc3nc(-c4noc(=O)[nH]4)nc(-c4cc(Cl)cnc4O)c32)CC1. The highest BCUT2D eigenvalue weighted by molar-refractivity contribution is 6.30. The third-order valence-electron chi connectivity index (χ3n) is 8.47. The van der Waals surface area contributed by atoms with Crippen molar-refractivity contribution in [2.24, 2.45) is 11.8 Å². The largest absolute Gasteiger partial charge is 0.493 e. The molecule has 2 fully saturated rings. The molecule has 4 aromatic heterocycles. The summed E-state index contributed by atoms with van der Waals surface area (Å²) in [4.78, 5) is 35.3. The number of aromatic nitrogens is 7. The van der Waals surface area contributed by atoms with Crippen LogP contribution < -0.4 is 10.7 Å². The van der Waals surface area contributed by atoms with E-state index in [1.54, 1.807) is 6.07 Å². The van der Waals surface area contributed by atoms with Crippen LogP contribution in [0.1, 0.15) is 44.2 Å². The smallest absolute Gasteiger partial charge is 0.439 e. The average molecular weight is 603 g/mol. The number of imidazole rings is 1. The van der Waals surface area contributed by atoms with Crippen LogP contribution in [0, 0.1) is 11.8 Å². The Morgan fingerprint density at radius 2 is 1.93 bits per heavy atom. The van der Waals surface area contributed by atoms with E-state index >= 15 is 0 Å². The lowest BCUT2D eigenvalue weighted by Gasteiger charge is -2.37. The summed E-state index contributed by atoms with van der Waals surface area (Å²) in [7, 11) is 0. The Hall–Kier alpha value is -4.29.